The van der Waals surface area contributed by atoms with Crippen molar-refractivity contribution in [1.82, 2.24) is 5.32 Å². The van der Waals surface area contributed by atoms with E-state index in [2.05, 4.69) is 10.1 Å². The van der Waals surface area contributed by atoms with Gasteiger partial charge in [0.05, 0.1) is 6.61 Å². The first-order valence-electron chi connectivity index (χ1n) is 3.07. The average molecular weight is 143 g/mol. The summed E-state index contributed by atoms with van der Waals surface area (Å²) in [6, 6.07) is 0. The number of hydrogen-bond acceptors (Lipinski definition) is 3. The highest BCUT2D eigenvalue weighted by molar-refractivity contribution is 5.84. The van der Waals surface area contributed by atoms with E-state index in [4.69, 9.17) is 0 Å². The third kappa shape index (κ3) is 0.964. The van der Waals surface area contributed by atoms with Crippen LogP contribution in [0.4, 0.5) is 0 Å². The van der Waals surface area contributed by atoms with E-state index in [1.165, 1.54) is 0 Å². The van der Waals surface area contributed by atoms with Gasteiger partial charge in [0.15, 0.2) is 0 Å². The molecule has 1 rings (SSSR count). The summed E-state index contributed by atoms with van der Waals surface area (Å²) in [7, 11) is 0. The molecule has 0 aromatic rings. The van der Waals surface area contributed by atoms with Crippen LogP contribution in [0.5, 0.6) is 0 Å². The zero-order valence-corrected chi connectivity index (χ0v) is 5.72. The second-order valence-corrected chi connectivity index (χ2v) is 2.48. The quantitative estimate of drug-likeness (QED) is 0.416. The lowest BCUT2D eigenvalue weighted by molar-refractivity contribution is -0.143. The van der Waals surface area contributed by atoms with E-state index in [9.17, 15) is 9.59 Å². The summed E-state index contributed by atoms with van der Waals surface area (Å²) in [6.07, 6.45) is 1.08. The fourth-order valence-corrected chi connectivity index (χ4v) is 0.870. The van der Waals surface area contributed by atoms with Crippen molar-refractivity contribution in [1.29, 1.82) is 0 Å². The van der Waals surface area contributed by atoms with Gasteiger partial charge in [0.25, 0.3) is 0 Å². The lowest BCUT2D eigenvalue weighted by atomic mass is 10.0. The second-order valence-electron chi connectivity index (χ2n) is 2.48. The predicted molar refractivity (Wildman–Crippen MR) is 33.2 cm³/mol. The molecule has 1 amide bonds. The maximum Gasteiger partial charge on any atom is 0.331 e. The van der Waals surface area contributed by atoms with E-state index < -0.39 is 5.54 Å². The van der Waals surface area contributed by atoms with Gasteiger partial charge in [-0.05, 0) is 6.92 Å². The largest absolute Gasteiger partial charge is 0.464 e. The van der Waals surface area contributed by atoms with Crippen LogP contribution in [-0.2, 0) is 14.3 Å². The highest BCUT2D eigenvalue weighted by Crippen LogP contribution is 2.17. The number of rotatable bonds is 2. The molecule has 10 heavy (non-hydrogen) atoms. The van der Waals surface area contributed by atoms with Gasteiger partial charge in [0, 0.05) is 6.42 Å². The fourth-order valence-electron chi connectivity index (χ4n) is 0.870. The summed E-state index contributed by atoms with van der Waals surface area (Å²) >= 11 is 0. The Balaban J connectivity index is 2.65. The number of cyclic esters (lactones) is 1. The van der Waals surface area contributed by atoms with Crippen LogP contribution in [0.25, 0.3) is 0 Å². The Morgan fingerprint density at radius 2 is 2.50 bits per heavy atom. The molecule has 4 heteroatoms. The number of amides is 1. The van der Waals surface area contributed by atoms with Gasteiger partial charge in [-0.25, -0.2) is 4.79 Å². The van der Waals surface area contributed by atoms with Gasteiger partial charge in [-0.2, -0.15) is 0 Å². The molecule has 0 spiro atoms. The lowest BCUT2D eigenvalue weighted by Crippen LogP contribution is -2.45. The van der Waals surface area contributed by atoms with Crippen molar-refractivity contribution in [3.8, 4) is 0 Å². The number of carbonyl (C=O) groups excluding carboxylic acids is 2. The summed E-state index contributed by atoms with van der Waals surface area (Å²) < 4.78 is 4.66. The third-order valence-corrected chi connectivity index (χ3v) is 1.66. The van der Waals surface area contributed by atoms with E-state index in [1.54, 1.807) is 6.92 Å². The first-order valence-corrected chi connectivity index (χ1v) is 3.07. The Morgan fingerprint density at radius 1 is 1.80 bits per heavy atom. The highest BCUT2D eigenvalue weighted by Gasteiger charge is 2.39. The molecule has 1 aliphatic heterocycles. The number of ether oxygens (including phenoxy) is 1. The lowest BCUT2D eigenvalue weighted by Gasteiger charge is -2.16. The summed E-state index contributed by atoms with van der Waals surface area (Å²) in [4.78, 5) is 20.8. The summed E-state index contributed by atoms with van der Waals surface area (Å²) in [6.45, 7) is 2.05. The van der Waals surface area contributed by atoms with Crippen LogP contribution >= 0.6 is 0 Å². The van der Waals surface area contributed by atoms with Crippen molar-refractivity contribution in [2.24, 2.45) is 0 Å². The van der Waals surface area contributed by atoms with E-state index in [0.717, 1.165) is 0 Å². The molecular formula is C6H9NO3. The normalized spacial score (nSPS) is 31.5. The van der Waals surface area contributed by atoms with Crippen molar-refractivity contribution in [3.05, 3.63) is 0 Å². The van der Waals surface area contributed by atoms with Gasteiger partial charge in [-0.1, -0.05) is 0 Å². The molecule has 56 valence electrons. The van der Waals surface area contributed by atoms with Crippen molar-refractivity contribution < 1.29 is 14.3 Å². The molecule has 1 heterocycles. The van der Waals surface area contributed by atoms with Crippen molar-refractivity contribution in [2.45, 2.75) is 18.9 Å². The van der Waals surface area contributed by atoms with Crippen LogP contribution in [0.3, 0.4) is 0 Å². The summed E-state index contributed by atoms with van der Waals surface area (Å²) in [5.41, 5.74) is -0.776. The van der Waals surface area contributed by atoms with Gasteiger partial charge in [-0.15, -0.1) is 0 Å². The second kappa shape index (κ2) is 2.28. The number of hydrogen-bond donors (Lipinski definition) is 1. The Kier molecular flexibility index (Phi) is 1.61. The van der Waals surface area contributed by atoms with E-state index in [0.29, 0.717) is 19.4 Å². The zero-order valence-electron chi connectivity index (χ0n) is 5.72. The van der Waals surface area contributed by atoms with Crippen molar-refractivity contribution >= 4 is 12.4 Å². The van der Waals surface area contributed by atoms with E-state index >= 15 is 0 Å². The van der Waals surface area contributed by atoms with Crippen LogP contribution in [0.2, 0.25) is 0 Å². The molecule has 0 unspecified atom stereocenters. The van der Waals surface area contributed by atoms with Gasteiger partial charge in [0.2, 0.25) is 6.41 Å². The first-order chi connectivity index (χ1) is 4.69. The van der Waals surface area contributed by atoms with Crippen LogP contribution in [0.1, 0.15) is 13.3 Å². The van der Waals surface area contributed by atoms with Gasteiger partial charge in [-0.3, -0.25) is 4.79 Å². The average Bonchev–Trinajstić information content (AvgIpc) is 2.15. The number of esters is 1. The Hall–Kier alpha value is -1.06. The van der Waals surface area contributed by atoms with Crippen LogP contribution in [-0.4, -0.2) is 24.5 Å². The fraction of sp³-hybridized carbons (Fsp3) is 0.667. The van der Waals surface area contributed by atoms with Crippen LogP contribution in [0, 0.1) is 0 Å². The minimum Gasteiger partial charge on any atom is -0.464 e. The molecular weight excluding hydrogens is 134 g/mol. The van der Waals surface area contributed by atoms with Gasteiger partial charge in [0.1, 0.15) is 5.54 Å². The molecule has 0 saturated carbocycles. The number of carbonyl (C=O) groups is 2. The molecule has 0 aromatic carbocycles. The number of nitrogens with one attached hydrogen (secondary N) is 1. The molecule has 0 aromatic heterocycles. The molecule has 4 nitrogen and oxygen atoms in total. The molecule has 1 aliphatic rings. The molecule has 1 atom stereocenters. The standard InChI is InChI=1S/C6H9NO3/c1-6(7-4-8)2-3-10-5(6)9/h4H,2-3H2,1H3,(H,7,8)/t6-/m0/s1. The molecule has 1 N–H and O–H groups in total. The maximum atomic E-state index is 10.8. The minimum atomic E-state index is -0.776. The Labute approximate surface area is 58.5 Å². The molecule has 0 bridgehead atoms. The smallest absolute Gasteiger partial charge is 0.331 e. The van der Waals surface area contributed by atoms with Crippen molar-refractivity contribution in [2.75, 3.05) is 6.61 Å². The Morgan fingerprint density at radius 3 is 2.90 bits per heavy atom. The monoisotopic (exact) mass is 143 g/mol. The maximum absolute atomic E-state index is 10.8. The van der Waals surface area contributed by atoms with Crippen molar-refractivity contribution in [3.63, 3.8) is 0 Å². The molecule has 0 aliphatic carbocycles. The molecule has 0 radical (unpaired) electrons. The third-order valence-electron chi connectivity index (χ3n) is 1.66. The zero-order chi connectivity index (χ0) is 7.61. The topological polar surface area (TPSA) is 55.4 Å². The predicted octanol–water partition coefficient (Wildman–Crippen LogP) is -0.562. The van der Waals surface area contributed by atoms with Gasteiger partial charge < -0.3 is 10.1 Å². The SMILES string of the molecule is C[C@]1(NC=O)CCOC1=O. The molecule has 1 saturated heterocycles. The van der Waals surface area contributed by atoms with E-state index in [1.807, 2.05) is 0 Å². The minimum absolute atomic E-state index is 0.348. The van der Waals surface area contributed by atoms with Crippen LogP contribution < -0.4 is 5.32 Å². The molecule has 1 fully saturated rings. The van der Waals surface area contributed by atoms with E-state index in [-0.39, 0.29) is 5.97 Å². The first kappa shape index (κ1) is 7.05. The Bertz CT molecular complexity index is 168. The van der Waals surface area contributed by atoms with Crippen LogP contribution in [0.15, 0.2) is 0 Å². The summed E-state index contributed by atoms with van der Waals surface area (Å²) in [5.74, 6) is -0.348. The van der Waals surface area contributed by atoms with Gasteiger partial charge >= 0.3 is 5.97 Å². The summed E-state index contributed by atoms with van der Waals surface area (Å²) in [5, 5.41) is 2.42. The highest BCUT2D eigenvalue weighted by atomic mass is 16.5.